The first-order valence-corrected chi connectivity index (χ1v) is 3.79. The van der Waals surface area contributed by atoms with Crippen LogP contribution in [0.15, 0.2) is 48.8 Å². The van der Waals surface area contributed by atoms with Crippen LogP contribution in [0, 0.1) is 0 Å². The van der Waals surface area contributed by atoms with E-state index < -0.39 is 0 Å². The van der Waals surface area contributed by atoms with Crippen LogP contribution in [0.3, 0.4) is 0 Å². The number of hydrogen-bond acceptors (Lipinski definition) is 2. The number of aromatic nitrogens is 2. The maximum Gasteiger partial charge on any atom is 0.0886 e. The lowest BCUT2D eigenvalue weighted by Gasteiger charge is -1.96. The lowest BCUT2D eigenvalue weighted by molar-refractivity contribution is 0.823. The average molecular weight is 264 g/mol. The Morgan fingerprint density at radius 3 is 1.06 bits per heavy atom. The fraction of sp³-hybridized carbons (Fsp3) is 0. The second kappa shape index (κ2) is 15.1. The summed E-state index contributed by atoms with van der Waals surface area (Å²) in [7, 11) is 0. The standard InChI is InChI=1S/C10H8N2.6H2O/c1-3-7-11-9(5-1)10-6-2-4-8-12-10;;;;;;/h1-8H;6*1H2. The van der Waals surface area contributed by atoms with Crippen LogP contribution in [0.4, 0.5) is 0 Å². The first-order chi connectivity index (χ1) is 5.97. The molecular weight excluding hydrogens is 244 g/mol. The molecule has 0 aromatic carbocycles. The average Bonchev–Trinajstić information content (AvgIpc) is 2.21. The fourth-order valence-corrected chi connectivity index (χ4v) is 1.03. The minimum atomic E-state index is 0. The van der Waals surface area contributed by atoms with Gasteiger partial charge in [-0.25, -0.2) is 0 Å². The Morgan fingerprint density at radius 1 is 0.500 bits per heavy atom. The Bertz CT molecular complexity index is 322. The zero-order chi connectivity index (χ0) is 8.23. The van der Waals surface area contributed by atoms with Gasteiger partial charge < -0.3 is 32.9 Å². The van der Waals surface area contributed by atoms with Crippen molar-refractivity contribution in [3.63, 3.8) is 0 Å². The molecule has 0 radical (unpaired) electrons. The van der Waals surface area contributed by atoms with Crippen molar-refractivity contribution in [2.45, 2.75) is 0 Å². The minimum Gasteiger partial charge on any atom is -0.412 e. The number of rotatable bonds is 1. The van der Waals surface area contributed by atoms with Crippen molar-refractivity contribution in [2.24, 2.45) is 0 Å². The van der Waals surface area contributed by atoms with Crippen LogP contribution in [0.2, 0.25) is 0 Å². The summed E-state index contributed by atoms with van der Waals surface area (Å²) in [5.74, 6) is 0. The van der Waals surface area contributed by atoms with E-state index in [9.17, 15) is 0 Å². The molecule has 2 heterocycles. The summed E-state index contributed by atoms with van der Waals surface area (Å²) < 4.78 is 0. The van der Waals surface area contributed by atoms with E-state index in [2.05, 4.69) is 9.97 Å². The maximum atomic E-state index is 4.19. The molecule has 0 bridgehead atoms. The Morgan fingerprint density at radius 2 is 0.833 bits per heavy atom. The van der Waals surface area contributed by atoms with Crippen LogP contribution in [0.5, 0.6) is 0 Å². The van der Waals surface area contributed by atoms with Crippen LogP contribution in [-0.2, 0) is 0 Å². The van der Waals surface area contributed by atoms with E-state index >= 15 is 0 Å². The molecule has 0 unspecified atom stereocenters. The van der Waals surface area contributed by atoms with Crippen LogP contribution in [0.1, 0.15) is 0 Å². The summed E-state index contributed by atoms with van der Waals surface area (Å²) in [6, 6.07) is 11.6. The third-order valence-electron chi connectivity index (χ3n) is 1.59. The summed E-state index contributed by atoms with van der Waals surface area (Å²) in [5, 5.41) is 0. The Labute approximate surface area is 104 Å². The summed E-state index contributed by atoms with van der Waals surface area (Å²) in [6.07, 6.45) is 3.54. The second-order valence-electron chi connectivity index (χ2n) is 2.43. The molecule has 0 fully saturated rings. The largest absolute Gasteiger partial charge is 0.412 e. The molecule has 2 rings (SSSR count). The Hall–Kier alpha value is -1.94. The number of pyridine rings is 2. The van der Waals surface area contributed by atoms with Crippen molar-refractivity contribution >= 4 is 0 Å². The molecular formula is C10H20N2O6. The molecule has 0 amide bonds. The van der Waals surface area contributed by atoms with Gasteiger partial charge in [0.05, 0.1) is 11.4 Å². The number of nitrogens with zero attached hydrogens (tertiary/aromatic N) is 2. The summed E-state index contributed by atoms with van der Waals surface area (Å²) in [5.41, 5.74) is 1.83. The van der Waals surface area contributed by atoms with E-state index in [1.807, 2.05) is 36.4 Å². The molecule has 106 valence electrons. The van der Waals surface area contributed by atoms with Crippen LogP contribution in [0.25, 0.3) is 11.4 Å². The van der Waals surface area contributed by atoms with Gasteiger partial charge in [0.1, 0.15) is 0 Å². The molecule has 12 N–H and O–H groups in total. The summed E-state index contributed by atoms with van der Waals surface area (Å²) >= 11 is 0. The normalized spacial score (nSPS) is 6.44. The number of hydrogen-bond donors (Lipinski definition) is 0. The molecule has 0 aliphatic rings. The monoisotopic (exact) mass is 264 g/mol. The van der Waals surface area contributed by atoms with Gasteiger partial charge in [-0.15, -0.1) is 0 Å². The van der Waals surface area contributed by atoms with Crippen molar-refractivity contribution in [1.29, 1.82) is 0 Å². The minimum absolute atomic E-state index is 0. The van der Waals surface area contributed by atoms with Gasteiger partial charge in [0, 0.05) is 12.4 Å². The fourth-order valence-electron chi connectivity index (χ4n) is 1.03. The first-order valence-electron chi connectivity index (χ1n) is 3.79. The van der Waals surface area contributed by atoms with Crippen molar-refractivity contribution in [3.05, 3.63) is 48.8 Å². The third kappa shape index (κ3) is 7.35. The molecule has 0 atom stereocenters. The van der Waals surface area contributed by atoms with Crippen LogP contribution in [-0.4, -0.2) is 42.8 Å². The van der Waals surface area contributed by atoms with Gasteiger partial charge in [-0.05, 0) is 24.3 Å². The molecule has 8 heteroatoms. The highest BCUT2D eigenvalue weighted by atomic mass is 16.0. The van der Waals surface area contributed by atoms with E-state index in [-0.39, 0.29) is 32.9 Å². The first kappa shape index (κ1) is 29.8. The lowest BCUT2D eigenvalue weighted by atomic mass is 10.2. The molecule has 2 aromatic rings. The quantitative estimate of drug-likeness (QED) is 0.532. The SMILES string of the molecule is O.O.O.O.O.O.c1ccc(-c2ccccn2)nc1. The van der Waals surface area contributed by atoms with Gasteiger partial charge in [-0.3, -0.25) is 9.97 Å². The van der Waals surface area contributed by atoms with Crippen molar-refractivity contribution in [1.82, 2.24) is 9.97 Å². The zero-order valence-corrected chi connectivity index (χ0v) is 9.51. The molecule has 18 heavy (non-hydrogen) atoms. The van der Waals surface area contributed by atoms with Gasteiger partial charge in [0.2, 0.25) is 0 Å². The van der Waals surface area contributed by atoms with Gasteiger partial charge in [0.25, 0.3) is 0 Å². The smallest absolute Gasteiger partial charge is 0.0886 e. The van der Waals surface area contributed by atoms with Gasteiger partial charge in [-0.1, -0.05) is 12.1 Å². The molecule has 0 aliphatic heterocycles. The predicted molar refractivity (Wildman–Crippen MR) is 69.2 cm³/mol. The van der Waals surface area contributed by atoms with Crippen LogP contribution >= 0.6 is 0 Å². The molecule has 0 saturated carbocycles. The lowest BCUT2D eigenvalue weighted by Crippen LogP contribution is -1.83. The Balaban J connectivity index is -0.0000000939. The highest BCUT2D eigenvalue weighted by Gasteiger charge is 1.95. The third-order valence-corrected chi connectivity index (χ3v) is 1.59. The van der Waals surface area contributed by atoms with E-state index in [4.69, 9.17) is 0 Å². The van der Waals surface area contributed by atoms with E-state index in [0.717, 1.165) is 11.4 Å². The van der Waals surface area contributed by atoms with Gasteiger partial charge >= 0.3 is 0 Å². The van der Waals surface area contributed by atoms with Gasteiger partial charge in [0.15, 0.2) is 0 Å². The van der Waals surface area contributed by atoms with E-state index in [1.54, 1.807) is 12.4 Å². The van der Waals surface area contributed by atoms with Gasteiger partial charge in [-0.2, -0.15) is 0 Å². The maximum absolute atomic E-state index is 4.19. The second-order valence-corrected chi connectivity index (χ2v) is 2.43. The summed E-state index contributed by atoms with van der Waals surface area (Å²) in [6.45, 7) is 0. The van der Waals surface area contributed by atoms with Crippen molar-refractivity contribution in [3.8, 4) is 11.4 Å². The van der Waals surface area contributed by atoms with E-state index in [1.165, 1.54) is 0 Å². The topological polar surface area (TPSA) is 215 Å². The van der Waals surface area contributed by atoms with Crippen molar-refractivity contribution in [2.75, 3.05) is 0 Å². The predicted octanol–water partition coefficient (Wildman–Crippen LogP) is -2.80. The highest BCUT2D eigenvalue weighted by Crippen LogP contribution is 2.10. The van der Waals surface area contributed by atoms with Crippen molar-refractivity contribution < 1.29 is 32.9 Å². The summed E-state index contributed by atoms with van der Waals surface area (Å²) in [4.78, 5) is 8.37. The molecule has 0 aliphatic carbocycles. The molecule has 0 saturated heterocycles. The van der Waals surface area contributed by atoms with Crippen LogP contribution < -0.4 is 0 Å². The molecule has 2 aromatic heterocycles. The highest BCUT2D eigenvalue weighted by molar-refractivity contribution is 5.52. The molecule has 0 spiro atoms. The molecule has 8 nitrogen and oxygen atoms in total. The van der Waals surface area contributed by atoms with E-state index in [0.29, 0.717) is 0 Å². The Kier molecular flexibility index (Phi) is 24.9. The zero-order valence-electron chi connectivity index (χ0n) is 9.51.